The Morgan fingerprint density at radius 2 is 1.93 bits per heavy atom. The summed E-state index contributed by atoms with van der Waals surface area (Å²) in [5.41, 5.74) is 1.02. The minimum Gasteiger partial charge on any atom is -0.477 e. The summed E-state index contributed by atoms with van der Waals surface area (Å²) >= 11 is 2.72. The summed E-state index contributed by atoms with van der Waals surface area (Å²) < 4.78 is 13.1. The molecule has 0 bridgehead atoms. The highest BCUT2D eigenvalue weighted by Crippen LogP contribution is 2.32. The lowest BCUT2D eigenvalue weighted by Gasteiger charge is -2.24. The van der Waals surface area contributed by atoms with Crippen LogP contribution in [-0.2, 0) is 5.75 Å². The van der Waals surface area contributed by atoms with E-state index in [0.717, 1.165) is 31.2 Å². The van der Waals surface area contributed by atoms with Crippen LogP contribution >= 0.6 is 23.5 Å². The second kappa shape index (κ2) is 9.41. The highest BCUT2D eigenvalue weighted by atomic mass is 32.2. The standard InChI is InChI=1S/C19H22FN3O2S2/c1-26-19-22-16(21-14-5-3-2-4-6-14)15(18(24)25)17(23-19)27-11-12-7-9-13(20)10-8-12/h7-10,14H,2-6,11H2,1H3,(H,24,25)(H,21,22,23). The molecule has 144 valence electrons. The Labute approximate surface area is 166 Å². The van der Waals surface area contributed by atoms with E-state index in [0.29, 0.717) is 21.8 Å². The Kier molecular flexibility index (Phi) is 6.95. The Morgan fingerprint density at radius 3 is 2.56 bits per heavy atom. The Balaban J connectivity index is 1.87. The van der Waals surface area contributed by atoms with Crippen molar-refractivity contribution in [2.45, 2.75) is 54.1 Å². The molecular weight excluding hydrogens is 385 g/mol. The van der Waals surface area contributed by atoms with Crippen LogP contribution in [0, 0.1) is 5.82 Å². The van der Waals surface area contributed by atoms with Gasteiger partial charge in [-0.1, -0.05) is 43.2 Å². The molecule has 1 aromatic carbocycles. The third kappa shape index (κ3) is 5.35. The zero-order valence-electron chi connectivity index (χ0n) is 15.1. The van der Waals surface area contributed by atoms with Gasteiger partial charge in [0.15, 0.2) is 5.16 Å². The summed E-state index contributed by atoms with van der Waals surface area (Å²) in [6.45, 7) is 0. The van der Waals surface area contributed by atoms with Crippen molar-refractivity contribution in [1.29, 1.82) is 0 Å². The molecule has 0 unspecified atom stereocenters. The molecule has 5 nitrogen and oxygen atoms in total. The number of nitrogens with one attached hydrogen (secondary N) is 1. The normalized spacial score (nSPS) is 14.9. The highest BCUT2D eigenvalue weighted by Gasteiger charge is 2.23. The lowest BCUT2D eigenvalue weighted by molar-refractivity contribution is 0.0692. The number of carboxylic acid groups (broad SMARTS) is 1. The van der Waals surface area contributed by atoms with Crippen molar-refractivity contribution < 1.29 is 14.3 Å². The molecule has 3 rings (SSSR count). The molecule has 1 fully saturated rings. The van der Waals surface area contributed by atoms with E-state index >= 15 is 0 Å². The predicted octanol–water partition coefficient (Wildman–Crippen LogP) is 5.07. The summed E-state index contributed by atoms with van der Waals surface area (Å²) in [7, 11) is 0. The summed E-state index contributed by atoms with van der Waals surface area (Å²) in [6, 6.07) is 6.44. The van der Waals surface area contributed by atoms with Gasteiger partial charge >= 0.3 is 5.97 Å². The van der Waals surface area contributed by atoms with E-state index in [1.807, 2.05) is 6.26 Å². The third-order valence-corrected chi connectivity index (χ3v) is 6.08. The zero-order valence-corrected chi connectivity index (χ0v) is 16.7. The lowest BCUT2D eigenvalue weighted by Crippen LogP contribution is -2.25. The molecule has 0 aliphatic heterocycles. The second-order valence-electron chi connectivity index (χ2n) is 6.44. The van der Waals surface area contributed by atoms with Crippen LogP contribution in [0.25, 0.3) is 0 Å². The van der Waals surface area contributed by atoms with Gasteiger partial charge in [0.2, 0.25) is 0 Å². The zero-order chi connectivity index (χ0) is 19.2. The number of carbonyl (C=O) groups is 1. The molecule has 1 heterocycles. The first-order chi connectivity index (χ1) is 13.1. The van der Waals surface area contributed by atoms with Gasteiger partial charge in [0.1, 0.15) is 22.2 Å². The highest BCUT2D eigenvalue weighted by molar-refractivity contribution is 7.99. The van der Waals surface area contributed by atoms with Gasteiger partial charge in [0, 0.05) is 11.8 Å². The van der Waals surface area contributed by atoms with Gasteiger partial charge in [-0.3, -0.25) is 0 Å². The summed E-state index contributed by atoms with van der Waals surface area (Å²) in [5.74, 6) is -0.424. The van der Waals surface area contributed by atoms with E-state index < -0.39 is 5.97 Å². The van der Waals surface area contributed by atoms with Crippen molar-refractivity contribution in [1.82, 2.24) is 9.97 Å². The minimum absolute atomic E-state index is 0.116. The van der Waals surface area contributed by atoms with Crippen molar-refractivity contribution in [2.24, 2.45) is 0 Å². The van der Waals surface area contributed by atoms with Crippen LogP contribution in [0.5, 0.6) is 0 Å². The van der Waals surface area contributed by atoms with Gasteiger partial charge in [-0.15, -0.1) is 11.8 Å². The van der Waals surface area contributed by atoms with Crippen LogP contribution in [0.4, 0.5) is 10.2 Å². The molecule has 8 heteroatoms. The molecule has 0 spiro atoms. The molecule has 1 aliphatic carbocycles. The number of rotatable bonds is 7. The average Bonchev–Trinajstić information content (AvgIpc) is 2.67. The van der Waals surface area contributed by atoms with Crippen molar-refractivity contribution >= 4 is 35.3 Å². The predicted molar refractivity (Wildman–Crippen MR) is 107 cm³/mol. The van der Waals surface area contributed by atoms with Crippen LogP contribution in [0.2, 0.25) is 0 Å². The van der Waals surface area contributed by atoms with Crippen LogP contribution in [-0.4, -0.2) is 33.3 Å². The van der Waals surface area contributed by atoms with Gasteiger partial charge in [-0.05, 0) is 36.8 Å². The quantitative estimate of drug-likeness (QED) is 0.377. The summed E-state index contributed by atoms with van der Waals surface area (Å²) in [5, 5.41) is 14.1. The van der Waals surface area contributed by atoms with E-state index in [1.54, 1.807) is 12.1 Å². The molecule has 0 saturated heterocycles. The number of anilines is 1. The van der Waals surface area contributed by atoms with E-state index in [4.69, 9.17) is 0 Å². The van der Waals surface area contributed by atoms with Crippen LogP contribution in [0.15, 0.2) is 34.4 Å². The second-order valence-corrected chi connectivity index (χ2v) is 8.18. The van der Waals surface area contributed by atoms with E-state index in [1.165, 1.54) is 42.1 Å². The lowest BCUT2D eigenvalue weighted by atomic mass is 9.95. The van der Waals surface area contributed by atoms with Crippen LogP contribution in [0.1, 0.15) is 48.0 Å². The van der Waals surface area contributed by atoms with E-state index in [9.17, 15) is 14.3 Å². The molecule has 1 saturated carbocycles. The molecule has 2 N–H and O–H groups in total. The van der Waals surface area contributed by atoms with Crippen molar-refractivity contribution in [3.8, 4) is 0 Å². The number of thioether (sulfide) groups is 2. The fourth-order valence-electron chi connectivity index (χ4n) is 3.09. The number of aromatic carboxylic acids is 1. The largest absolute Gasteiger partial charge is 0.477 e. The number of benzene rings is 1. The molecule has 1 aromatic heterocycles. The first-order valence-corrected chi connectivity index (χ1v) is 11.1. The molecule has 0 atom stereocenters. The molecular formula is C19H22FN3O2S2. The third-order valence-electron chi connectivity index (χ3n) is 4.49. The van der Waals surface area contributed by atoms with E-state index in [-0.39, 0.29) is 17.4 Å². The summed E-state index contributed by atoms with van der Waals surface area (Å²) in [6.07, 6.45) is 7.43. The fraction of sp³-hybridized carbons (Fsp3) is 0.421. The maximum absolute atomic E-state index is 13.1. The van der Waals surface area contributed by atoms with Gasteiger partial charge in [0.05, 0.1) is 0 Å². The van der Waals surface area contributed by atoms with Crippen LogP contribution in [0.3, 0.4) is 0 Å². The Hall–Kier alpha value is -1.80. The fourth-order valence-corrected chi connectivity index (χ4v) is 4.48. The van der Waals surface area contributed by atoms with Crippen molar-refractivity contribution in [3.63, 3.8) is 0 Å². The smallest absolute Gasteiger partial charge is 0.342 e. The number of halogens is 1. The molecule has 2 aromatic rings. The van der Waals surface area contributed by atoms with Gasteiger partial charge in [0.25, 0.3) is 0 Å². The van der Waals surface area contributed by atoms with Crippen molar-refractivity contribution in [2.75, 3.05) is 11.6 Å². The SMILES string of the molecule is CSc1nc(NC2CCCCC2)c(C(=O)O)c(SCc2ccc(F)cc2)n1. The Bertz CT molecular complexity index is 796. The monoisotopic (exact) mass is 407 g/mol. The van der Waals surface area contributed by atoms with Gasteiger partial charge in [-0.25, -0.2) is 19.2 Å². The van der Waals surface area contributed by atoms with Gasteiger partial charge < -0.3 is 10.4 Å². The van der Waals surface area contributed by atoms with Crippen molar-refractivity contribution in [3.05, 3.63) is 41.2 Å². The maximum atomic E-state index is 13.1. The Morgan fingerprint density at radius 1 is 1.22 bits per heavy atom. The summed E-state index contributed by atoms with van der Waals surface area (Å²) in [4.78, 5) is 20.8. The molecule has 0 amide bonds. The first-order valence-electron chi connectivity index (χ1n) is 8.90. The van der Waals surface area contributed by atoms with E-state index in [2.05, 4.69) is 15.3 Å². The number of hydrogen-bond donors (Lipinski definition) is 2. The van der Waals surface area contributed by atoms with Gasteiger partial charge in [-0.2, -0.15) is 0 Å². The minimum atomic E-state index is -1.04. The topological polar surface area (TPSA) is 75.1 Å². The van der Waals surface area contributed by atoms with Crippen LogP contribution < -0.4 is 5.32 Å². The number of hydrogen-bond acceptors (Lipinski definition) is 6. The first kappa shape index (κ1) is 19.9. The molecule has 0 radical (unpaired) electrons. The average molecular weight is 408 g/mol. The number of aromatic nitrogens is 2. The molecule has 1 aliphatic rings. The number of nitrogens with zero attached hydrogens (tertiary/aromatic N) is 2. The maximum Gasteiger partial charge on any atom is 0.342 e. The number of carboxylic acids is 1. The molecule has 27 heavy (non-hydrogen) atoms.